The first kappa shape index (κ1) is 19.5. The number of carbonyl (C=O) groups excluding carboxylic acids is 2. The summed E-state index contributed by atoms with van der Waals surface area (Å²) in [5.41, 5.74) is 0. The number of benzene rings is 1. The minimum Gasteiger partial charge on any atom is -0.484 e. The maximum atomic E-state index is 12.2. The van der Waals surface area contributed by atoms with E-state index in [0.717, 1.165) is 0 Å². The summed E-state index contributed by atoms with van der Waals surface area (Å²) in [4.78, 5) is 27.6. The summed E-state index contributed by atoms with van der Waals surface area (Å²) in [6, 6.07) is 6.85. The van der Waals surface area contributed by atoms with Crippen molar-refractivity contribution >= 4 is 23.4 Å². The van der Waals surface area contributed by atoms with Gasteiger partial charge in [-0.2, -0.15) is 0 Å². The largest absolute Gasteiger partial charge is 0.484 e. The minimum atomic E-state index is -0.0987. The Kier molecular flexibility index (Phi) is 7.97. The van der Waals surface area contributed by atoms with E-state index < -0.39 is 0 Å². The Hall–Kier alpha value is -1.83. The highest BCUT2D eigenvalue weighted by Crippen LogP contribution is 2.15. The maximum absolute atomic E-state index is 12.2. The molecule has 1 saturated heterocycles. The normalized spacial score (nSPS) is 14.5. The van der Waals surface area contributed by atoms with E-state index in [0.29, 0.717) is 50.2 Å². The summed E-state index contributed by atoms with van der Waals surface area (Å²) < 4.78 is 15.6. The van der Waals surface area contributed by atoms with Crippen molar-refractivity contribution in [3.05, 3.63) is 29.3 Å². The van der Waals surface area contributed by atoms with Gasteiger partial charge in [-0.25, -0.2) is 0 Å². The number of halogens is 1. The molecule has 0 bridgehead atoms. The fourth-order valence-corrected chi connectivity index (χ4v) is 2.49. The summed E-state index contributed by atoms with van der Waals surface area (Å²) in [6.07, 6.45) is 0. The Morgan fingerprint density at radius 2 is 1.52 bits per heavy atom. The van der Waals surface area contributed by atoms with Crippen LogP contribution in [0.1, 0.15) is 0 Å². The fourth-order valence-electron chi connectivity index (χ4n) is 2.37. The van der Waals surface area contributed by atoms with Gasteiger partial charge in [-0.1, -0.05) is 11.6 Å². The third-order valence-corrected chi connectivity index (χ3v) is 4.07. The second-order valence-electron chi connectivity index (χ2n) is 5.55. The van der Waals surface area contributed by atoms with E-state index in [1.807, 2.05) is 0 Å². The van der Waals surface area contributed by atoms with Crippen LogP contribution < -0.4 is 4.74 Å². The van der Waals surface area contributed by atoms with Crippen molar-refractivity contribution in [2.45, 2.75) is 0 Å². The monoisotopic (exact) mass is 370 g/mol. The van der Waals surface area contributed by atoms with Crippen molar-refractivity contribution < 1.29 is 23.8 Å². The van der Waals surface area contributed by atoms with Crippen LogP contribution in [0.3, 0.4) is 0 Å². The summed E-state index contributed by atoms with van der Waals surface area (Å²) in [5, 5.41) is 0.616. The number of ether oxygens (including phenoxy) is 3. The average Bonchev–Trinajstić information content (AvgIpc) is 2.64. The highest BCUT2D eigenvalue weighted by molar-refractivity contribution is 6.30. The van der Waals surface area contributed by atoms with Gasteiger partial charge in [0.1, 0.15) is 12.4 Å². The molecular formula is C17H23ClN2O5. The summed E-state index contributed by atoms with van der Waals surface area (Å²) in [5.74, 6) is 0.429. The molecule has 1 heterocycles. The van der Waals surface area contributed by atoms with E-state index in [1.165, 1.54) is 0 Å². The van der Waals surface area contributed by atoms with E-state index in [-0.39, 0.29) is 25.0 Å². The van der Waals surface area contributed by atoms with Gasteiger partial charge >= 0.3 is 0 Å². The van der Waals surface area contributed by atoms with E-state index in [1.54, 1.807) is 41.2 Å². The summed E-state index contributed by atoms with van der Waals surface area (Å²) in [7, 11) is 1.58. The van der Waals surface area contributed by atoms with Gasteiger partial charge in [-0.05, 0) is 24.3 Å². The molecule has 7 nitrogen and oxygen atoms in total. The number of hydrogen-bond acceptors (Lipinski definition) is 5. The third-order valence-electron chi connectivity index (χ3n) is 3.82. The molecule has 1 aromatic rings. The van der Waals surface area contributed by atoms with Crippen molar-refractivity contribution in [1.82, 2.24) is 9.80 Å². The molecule has 2 amide bonds. The summed E-state index contributed by atoms with van der Waals surface area (Å²) in [6.45, 7) is 2.84. The number of rotatable bonds is 8. The number of hydrogen-bond donors (Lipinski definition) is 0. The van der Waals surface area contributed by atoms with Crippen molar-refractivity contribution in [3.63, 3.8) is 0 Å². The molecule has 1 fully saturated rings. The molecule has 0 aliphatic carbocycles. The molecule has 2 rings (SSSR count). The van der Waals surface area contributed by atoms with Gasteiger partial charge < -0.3 is 24.0 Å². The molecule has 0 unspecified atom stereocenters. The molecule has 1 aliphatic heterocycles. The fraction of sp³-hybridized carbons (Fsp3) is 0.529. The van der Waals surface area contributed by atoms with Crippen LogP contribution in [0.25, 0.3) is 0 Å². The molecule has 138 valence electrons. The van der Waals surface area contributed by atoms with Gasteiger partial charge in [-0.3, -0.25) is 9.59 Å². The number of piperazine rings is 1. The third kappa shape index (κ3) is 6.53. The standard InChI is InChI=1S/C17H23ClN2O5/c1-23-10-11-24-12-16(21)19-6-8-20(9-7-19)17(22)13-25-15-4-2-14(18)3-5-15/h2-5H,6-13H2,1H3. The predicted molar refractivity (Wildman–Crippen MR) is 92.8 cm³/mol. The van der Waals surface area contributed by atoms with Gasteiger partial charge in [0.05, 0.1) is 13.2 Å². The first-order chi connectivity index (χ1) is 12.1. The van der Waals surface area contributed by atoms with Crippen molar-refractivity contribution in [3.8, 4) is 5.75 Å². The Bertz CT molecular complexity index is 559. The van der Waals surface area contributed by atoms with Gasteiger partial charge in [0, 0.05) is 38.3 Å². The molecule has 0 radical (unpaired) electrons. The van der Waals surface area contributed by atoms with E-state index >= 15 is 0 Å². The van der Waals surface area contributed by atoms with E-state index in [4.69, 9.17) is 25.8 Å². The van der Waals surface area contributed by atoms with Crippen molar-refractivity contribution in [1.29, 1.82) is 0 Å². The lowest BCUT2D eigenvalue weighted by molar-refractivity contribution is -0.143. The smallest absolute Gasteiger partial charge is 0.260 e. The van der Waals surface area contributed by atoms with Gasteiger partial charge in [0.25, 0.3) is 5.91 Å². The number of methoxy groups -OCH3 is 1. The second kappa shape index (κ2) is 10.2. The van der Waals surface area contributed by atoms with Crippen LogP contribution in [0.4, 0.5) is 0 Å². The van der Waals surface area contributed by atoms with E-state index in [2.05, 4.69) is 0 Å². The molecule has 1 aliphatic rings. The lowest BCUT2D eigenvalue weighted by atomic mass is 10.3. The van der Waals surface area contributed by atoms with Gasteiger partial charge in [0.15, 0.2) is 6.61 Å². The zero-order valence-electron chi connectivity index (χ0n) is 14.3. The zero-order valence-corrected chi connectivity index (χ0v) is 15.0. The molecule has 0 atom stereocenters. The molecule has 8 heteroatoms. The lowest BCUT2D eigenvalue weighted by Gasteiger charge is -2.34. The highest BCUT2D eigenvalue weighted by atomic mass is 35.5. The Morgan fingerprint density at radius 3 is 2.08 bits per heavy atom. The molecule has 0 saturated carbocycles. The minimum absolute atomic E-state index is 0.0320. The van der Waals surface area contributed by atoms with Gasteiger partial charge in [-0.15, -0.1) is 0 Å². The molecular weight excluding hydrogens is 348 g/mol. The zero-order chi connectivity index (χ0) is 18.1. The maximum Gasteiger partial charge on any atom is 0.260 e. The van der Waals surface area contributed by atoms with Crippen LogP contribution in [0, 0.1) is 0 Å². The van der Waals surface area contributed by atoms with E-state index in [9.17, 15) is 9.59 Å². The van der Waals surface area contributed by atoms with Crippen molar-refractivity contribution in [2.75, 3.05) is 59.7 Å². The topological polar surface area (TPSA) is 68.3 Å². The molecule has 1 aromatic carbocycles. The molecule has 0 spiro atoms. The van der Waals surface area contributed by atoms with Crippen LogP contribution in [0.15, 0.2) is 24.3 Å². The SMILES string of the molecule is COCCOCC(=O)N1CCN(C(=O)COc2ccc(Cl)cc2)CC1. The van der Waals surface area contributed by atoms with Crippen molar-refractivity contribution in [2.24, 2.45) is 0 Å². The molecule has 0 N–H and O–H groups in total. The summed E-state index contributed by atoms with van der Waals surface area (Å²) >= 11 is 5.80. The van der Waals surface area contributed by atoms with Crippen LogP contribution >= 0.6 is 11.6 Å². The van der Waals surface area contributed by atoms with Crippen LogP contribution in [0.2, 0.25) is 5.02 Å². The quantitative estimate of drug-likeness (QED) is 0.640. The number of carbonyl (C=O) groups is 2. The Morgan fingerprint density at radius 1 is 0.960 bits per heavy atom. The highest BCUT2D eigenvalue weighted by Gasteiger charge is 2.24. The first-order valence-corrected chi connectivity index (χ1v) is 8.48. The Balaban J connectivity index is 1.67. The molecule has 0 aromatic heterocycles. The first-order valence-electron chi connectivity index (χ1n) is 8.10. The number of amides is 2. The van der Waals surface area contributed by atoms with Crippen LogP contribution in [0.5, 0.6) is 5.75 Å². The Labute approximate surface area is 152 Å². The van der Waals surface area contributed by atoms with Gasteiger partial charge in [0.2, 0.25) is 5.91 Å². The van der Waals surface area contributed by atoms with Crippen LogP contribution in [-0.2, 0) is 19.1 Å². The number of nitrogens with zero attached hydrogens (tertiary/aromatic N) is 2. The molecule has 25 heavy (non-hydrogen) atoms. The van der Waals surface area contributed by atoms with Crippen LogP contribution in [-0.4, -0.2) is 81.3 Å². The lowest BCUT2D eigenvalue weighted by Crippen LogP contribution is -2.52. The average molecular weight is 371 g/mol. The second-order valence-corrected chi connectivity index (χ2v) is 5.99. The predicted octanol–water partition coefficient (Wildman–Crippen LogP) is 1.05.